The number of fused-ring (bicyclic) bond motifs is 1. The highest BCUT2D eigenvalue weighted by Crippen LogP contribution is 2.30. The second-order valence-electron chi connectivity index (χ2n) is 6.54. The molecule has 1 heterocycles. The van der Waals surface area contributed by atoms with E-state index in [4.69, 9.17) is 4.99 Å². The normalized spacial score (nSPS) is 15.3. The van der Waals surface area contributed by atoms with Crippen LogP contribution < -0.4 is 10.6 Å². The molecule has 1 aliphatic heterocycles. The Labute approximate surface area is 158 Å². The van der Waals surface area contributed by atoms with Crippen LogP contribution in [0.1, 0.15) is 28.4 Å². The van der Waals surface area contributed by atoms with E-state index < -0.39 is 0 Å². The third-order valence-electron chi connectivity index (χ3n) is 4.64. The zero-order chi connectivity index (χ0) is 18.8. The molecular weight excluding hydrogens is 337 g/mol. The highest BCUT2D eigenvalue weighted by Gasteiger charge is 2.22. The Morgan fingerprint density at radius 2 is 1.78 bits per heavy atom. The molecule has 4 rings (SSSR count). The fourth-order valence-electron chi connectivity index (χ4n) is 3.22. The number of amidine groups is 1. The summed E-state index contributed by atoms with van der Waals surface area (Å²) in [6.45, 7) is 6.05. The summed E-state index contributed by atoms with van der Waals surface area (Å²) in [7, 11) is 0. The lowest BCUT2D eigenvalue weighted by molar-refractivity contribution is 0.626. The number of aryl methyl sites for hydroxylation is 1. The standard InChI is InChI=1S/C23H20FN3/c1-15-12-13-18(24)14-20(15)16(2)25-23-19-10-6-7-11-21(19)26-22(27-23)17-8-4-3-5-9-17/h3-14,22,26H,2H2,1H3,(H,25,27). The SMILES string of the molecule is C=C(NC1=NC(c2ccccc2)Nc2ccccc21)c1cc(F)ccc1C. The Hall–Kier alpha value is -3.40. The predicted molar refractivity (Wildman–Crippen MR) is 109 cm³/mol. The third kappa shape index (κ3) is 3.47. The van der Waals surface area contributed by atoms with Crippen molar-refractivity contribution in [3.63, 3.8) is 0 Å². The van der Waals surface area contributed by atoms with Crippen LogP contribution in [-0.4, -0.2) is 5.84 Å². The zero-order valence-electron chi connectivity index (χ0n) is 15.0. The van der Waals surface area contributed by atoms with Gasteiger partial charge in [-0.3, -0.25) is 0 Å². The van der Waals surface area contributed by atoms with Crippen molar-refractivity contribution in [3.05, 3.63) is 107 Å². The summed E-state index contributed by atoms with van der Waals surface area (Å²) in [6, 6.07) is 22.7. The molecule has 0 spiro atoms. The van der Waals surface area contributed by atoms with E-state index in [2.05, 4.69) is 17.2 Å². The van der Waals surface area contributed by atoms with E-state index in [1.807, 2.05) is 61.5 Å². The van der Waals surface area contributed by atoms with Crippen LogP contribution in [0.3, 0.4) is 0 Å². The van der Waals surface area contributed by atoms with Crippen molar-refractivity contribution in [3.8, 4) is 0 Å². The summed E-state index contributed by atoms with van der Waals surface area (Å²) in [5.74, 6) is 0.431. The molecule has 0 aliphatic carbocycles. The monoisotopic (exact) mass is 357 g/mol. The maximum Gasteiger partial charge on any atom is 0.147 e. The molecule has 0 saturated heterocycles. The Morgan fingerprint density at radius 1 is 1.04 bits per heavy atom. The molecular formula is C23H20FN3. The number of hydrogen-bond donors (Lipinski definition) is 2. The van der Waals surface area contributed by atoms with Gasteiger partial charge in [0.05, 0.1) is 0 Å². The van der Waals surface area contributed by atoms with Crippen molar-refractivity contribution < 1.29 is 4.39 Å². The average Bonchev–Trinajstić information content (AvgIpc) is 2.70. The van der Waals surface area contributed by atoms with E-state index in [-0.39, 0.29) is 12.0 Å². The van der Waals surface area contributed by atoms with E-state index in [1.165, 1.54) is 12.1 Å². The topological polar surface area (TPSA) is 36.4 Å². The Kier molecular flexibility index (Phi) is 4.47. The fourth-order valence-corrected chi connectivity index (χ4v) is 3.22. The predicted octanol–water partition coefficient (Wildman–Crippen LogP) is 5.27. The first kappa shape index (κ1) is 17.0. The third-order valence-corrected chi connectivity index (χ3v) is 4.64. The molecule has 1 atom stereocenters. The zero-order valence-corrected chi connectivity index (χ0v) is 15.0. The van der Waals surface area contributed by atoms with Crippen LogP contribution in [0.4, 0.5) is 10.1 Å². The number of benzene rings is 3. The molecule has 2 N–H and O–H groups in total. The quantitative estimate of drug-likeness (QED) is 0.670. The number of rotatable bonds is 3. The Morgan fingerprint density at radius 3 is 2.59 bits per heavy atom. The van der Waals surface area contributed by atoms with Crippen molar-refractivity contribution in [1.82, 2.24) is 5.32 Å². The van der Waals surface area contributed by atoms with Gasteiger partial charge in [0.15, 0.2) is 0 Å². The van der Waals surface area contributed by atoms with Gasteiger partial charge in [-0.15, -0.1) is 0 Å². The van der Waals surface area contributed by atoms with Gasteiger partial charge in [0.25, 0.3) is 0 Å². The molecule has 3 nitrogen and oxygen atoms in total. The summed E-state index contributed by atoms with van der Waals surface area (Å²) in [5.41, 5.74) is 5.34. The Bertz CT molecular complexity index is 1020. The molecule has 1 aliphatic rings. The lowest BCUT2D eigenvalue weighted by atomic mass is 10.0. The molecule has 0 bridgehead atoms. The van der Waals surface area contributed by atoms with Crippen LogP contribution in [0.25, 0.3) is 5.70 Å². The van der Waals surface area contributed by atoms with E-state index in [9.17, 15) is 4.39 Å². The number of anilines is 1. The average molecular weight is 357 g/mol. The first-order valence-corrected chi connectivity index (χ1v) is 8.83. The van der Waals surface area contributed by atoms with Crippen molar-refractivity contribution in [2.75, 3.05) is 5.32 Å². The van der Waals surface area contributed by atoms with Crippen LogP contribution >= 0.6 is 0 Å². The second-order valence-corrected chi connectivity index (χ2v) is 6.54. The molecule has 134 valence electrons. The molecule has 0 fully saturated rings. The van der Waals surface area contributed by atoms with Gasteiger partial charge in [-0.2, -0.15) is 0 Å². The molecule has 3 aromatic rings. The van der Waals surface area contributed by atoms with E-state index in [1.54, 1.807) is 6.07 Å². The highest BCUT2D eigenvalue weighted by molar-refractivity contribution is 6.08. The Balaban J connectivity index is 1.71. The minimum Gasteiger partial charge on any atom is -0.359 e. The van der Waals surface area contributed by atoms with Crippen LogP contribution in [0.15, 0.2) is 84.4 Å². The first-order valence-electron chi connectivity index (χ1n) is 8.83. The minimum absolute atomic E-state index is 0.204. The summed E-state index contributed by atoms with van der Waals surface area (Å²) in [6.07, 6.45) is -0.204. The lowest BCUT2D eigenvalue weighted by Gasteiger charge is -2.27. The van der Waals surface area contributed by atoms with E-state index >= 15 is 0 Å². The van der Waals surface area contributed by atoms with Gasteiger partial charge in [-0.1, -0.05) is 55.1 Å². The van der Waals surface area contributed by atoms with Gasteiger partial charge in [-0.25, -0.2) is 9.38 Å². The fraction of sp³-hybridized carbons (Fsp3) is 0.0870. The maximum atomic E-state index is 13.7. The van der Waals surface area contributed by atoms with E-state index in [0.717, 1.165) is 27.9 Å². The van der Waals surface area contributed by atoms with Crippen molar-refractivity contribution in [2.45, 2.75) is 13.1 Å². The first-order chi connectivity index (χ1) is 13.1. The van der Waals surface area contributed by atoms with Gasteiger partial charge in [0.2, 0.25) is 0 Å². The van der Waals surface area contributed by atoms with Crippen LogP contribution in [0.2, 0.25) is 0 Å². The number of para-hydroxylation sites is 1. The molecule has 27 heavy (non-hydrogen) atoms. The number of halogens is 1. The van der Waals surface area contributed by atoms with Gasteiger partial charge < -0.3 is 10.6 Å². The van der Waals surface area contributed by atoms with Crippen molar-refractivity contribution in [1.29, 1.82) is 0 Å². The number of nitrogens with one attached hydrogen (secondary N) is 2. The van der Waals surface area contributed by atoms with Crippen LogP contribution in [0.5, 0.6) is 0 Å². The van der Waals surface area contributed by atoms with Crippen molar-refractivity contribution >= 4 is 17.2 Å². The van der Waals surface area contributed by atoms with Crippen LogP contribution in [0, 0.1) is 12.7 Å². The number of aliphatic imine (C=N–C) groups is 1. The second kappa shape index (κ2) is 7.08. The van der Waals surface area contributed by atoms with Gasteiger partial charge >= 0.3 is 0 Å². The number of hydrogen-bond acceptors (Lipinski definition) is 3. The summed E-state index contributed by atoms with van der Waals surface area (Å²) < 4.78 is 13.7. The molecule has 4 heteroatoms. The smallest absolute Gasteiger partial charge is 0.147 e. The van der Waals surface area contributed by atoms with Crippen LogP contribution in [-0.2, 0) is 0 Å². The molecule has 1 unspecified atom stereocenters. The molecule has 0 radical (unpaired) electrons. The minimum atomic E-state index is -0.284. The molecule has 0 amide bonds. The number of nitrogens with zero attached hydrogens (tertiary/aromatic N) is 1. The summed E-state index contributed by atoms with van der Waals surface area (Å²) in [5, 5.41) is 6.77. The maximum absolute atomic E-state index is 13.7. The molecule has 0 aromatic heterocycles. The van der Waals surface area contributed by atoms with E-state index in [0.29, 0.717) is 11.5 Å². The van der Waals surface area contributed by atoms with Gasteiger partial charge in [-0.05, 0) is 42.3 Å². The molecule has 3 aromatic carbocycles. The highest BCUT2D eigenvalue weighted by atomic mass is 19.1. The van der Waals surface area contributed by atoms with Gasteiger partial charge in [0.1, 0.15) is 17.8 Å². The van der Waals surface area contributed by atoms with Crippen molar-refractivity contribution in [2.24, 2.45) is 4.99 Å². The molecule has 0 saturated carbocycles. The van der Waals surface area contributed by atoms with Gasteiger partial charge in [0, 0.05) is 22.5 Å². The largest absolute Gasteiger partial charge is 0.359 e. The summed E-state index contributed by atoms with van der Waals surface area (Å²) in [4.78, 5) is 4.85. The lowest BCUT2D eigenvalue weighted by Crippen LogP contribution is -2.29. The summed E-state index contributed by atoms with van der Waals surface area (Å²) >= 11 is 0.